The largest absolute Gasteiger partial charge is 0.465 e. The van der Waals surface area contributed by atoms with Crippen LogP contribution in [-0.2, 0) is 14.3 Å². The molecular formula is C14H28N2O3. The third kappa shape index (κ3) is 6.57. The van der Waals surface area contributed by atoms with Gasteiger partial charge in [0.25, 0.3) is 0 Å². The topological polar surface area (TPSA) is 58.6 Å². The number of esters is 1. The van der Waals surface area contributed by atoms with Crippen molar-refractivity contribution in [3.8, 4) is 0 Å². The molecule has 0 aromatic heterocycles. The Morgan fingerprint density at radius 1 is 1.16 bits per heavy atom. The number of amides is 1. The predicted molar refractivity (Wildman–Crippen MR) is 75.8 cm³/mol. The lowest BCUT2D eigenvalue weighted by molar-refractivity contribution is -0.146. The summed E-state index contributed by atoms with van der Waals surface area (Å²) in [7, 11) is 0. The fourth-order valence-corrected chi connectivity index (χ4v) is 1.74. The molecule has 0 spiro atoms. The normalized spacial score (nSPS) is 14.3. The van der Waals surface area contributed by atoms with Gasteiger partial charge in [-0.05, 0) is 41.0 Å². The van der Waals surface area contributed by atoms with Crippen molar-refractivity contribution in [3.63, 3.8) is 0 Å². The molecular weight excluding hydrogens is 244 g/mol. The molecule has 0 aliphatic heterocycles. The number of carbonyl (C=O) groups excluding carboxylic acids is 2. The van der Waals surface area contributed by atoms with E-state index in [0.29, 0.717) is 6.61 Å². The lowest BCUT2D eigenvalue weighted by Crippen LogP contribution is -2.51. The van der Waals surface area contributed by atoms with E-state index in [-0.39, 0.29) is 36.5 Å². The van der Waals surface area contributed by atoms with E-state index in [4.69, 9.17) is 4.74 Å². The van der Waals surface area contributed by atoms with Crippen molar-refractivity contribution in [2.45, 2.75) is 66.1 Å². The van der Waals surface area contributed by atoms with Gasteiger partial charge in [0.15, 0.2) is 0 Å². The Hall–Kier alpha value is -1.10. The predicted octanol–water partition coefficient (Wildman–Crippen LogP) is 1.56. The standard InChI is InChI=1S/C14H28N2O3/c1-7-11(5)15-14(18)12(6)16(10(3)4)9-13(17)19-8-2/h10-12H,7-9H2,1-6H3,(H,15,18). The average molecular weight is 272 g/mol. The van der Waals surface area contributed by atoms with Crippen molar-refractivity contribution in [1.29, 1.82) is 0 Å². The molecule has 5 heteroatoms. The number of nitrogens with one attached hydrogen (secondary N) is 1. The molecule has 2 atom stereocenters. The minimum atomic E-state index is -0.349. The molecule has 0 aromatic rings. The van der Waals surface area contributed by atoms with Gasteiger partial charge < -0.3 is 10.1 Å². The SMILES string of the molecule is CCOC(=O)CN(C(C)C)C(C)C(=O)NC(C)CC. The fraction of sp³-hybridized carbons (Fsp3) is 0.857. The Kier molecular flexibility index (Phi) is 8.39. The number of hydrogen-bond donors (Lipinski definition) is 1. The van der Waals surface area contributed by atoms with Gasteiger partial charge in [-0.3, -0.25) is 14.5 Å². The van der Waals surface area contributed by atoms with Crippen molar-refractivity contribution >= 4 is 11.9 Å². The van der Waals surface area contributed by atoms with E-state index in [1.54, 1.807) is 6.92 Å². The zero-order valence-electron chi connectivity index (χ0n) is 13.0. The second-order valence-electron chi connectivity index (χ2n) is 5.06. The van der Waals surface area contributed by atoms with Gasteiger partial charge in [-0.15, -0.1) is 0 Å². The Balaban J connectivity index is 4.60. The van der Waals surface area contributed by atoms with E-state index in [9.17, 15) is 9.59 Å². The summed E-state index contributed by atoms with van der Waals surface area (Å²) >= 11 is 0. The van der Waals surface area contributed by atoms with Crippen molar-refractivity contribution < 1.29 is 14.3 Å². The third-order valence-electron chi connectivity index (χ3n) is 3.16. The van der Waals surface area contributed by atoms with Crippen LogP contribution in [-0.4, -0.2) is 48.1 Å². The Morgan fingerprint density at radius 3 is 2.16 bits per heavy atom. The zero-order chi connectivity index (χ0) is 15.0. The second kappa shape index (κ2) is 8.91. The number of ether oxygens (including phenoxy) is 1. The molecule has 0 rings (SSSR count). The van der Waals surface area contributed by atoms with Gasteiger partial charge in [0, 0.05) is 12.1 Å². The molecule has 1 amide bonds. The Labute approximate surface area is 116 Å². The van der Waals surface area contributed by atoms with Gasteiger partial charge in [-0.25, -0.2) is 0 Å². The number of hydrogen-bond acceptors (Lipinski definition) is 4. The Morgan fingerprint density at radius 2 is 1.74 bits per heavy atom. The van der Waals surface area contributed by atoms with Crippen LogP contribution in [0.4, 0.5) is 0 Å². The minimum Gasteiger partial charge on any atom is -0.465 e. The van der Waals surface area contributed by atoms with E-state index in [1.807, 2.05) is 39.5 Å². The molecule has 0 bridgehead atoms. The van der Waals surface area contributed by atoms with Crippen LogP contribution in [0, 0.1) is 0 Å². The van der Waals surface area contributed by atoms with E-state index in [1.165, 1.54) is 0 Å². The van der Waals surface area contributed by atoms with Gasteiger partial charge in [0.1, 0.15) is 0 Å². The number of nitrogens with zero attached hydrogens (tertiary/aromatic N) is 1. The van der Waals surface area contributed by atoms with Crippen molar-refractivity contribution in [2.75, 3.05) is 13.2 Å². The van der Waals surface area contributed by atoms with Crippen LogP contribution in [0.3, 0.4) is 0 Å². The maximum Gasteiger partial charge on any atom is 0.320 e. The van der Waals surface area contributed by atoms with Gasteiger partial charge in [-0.2, -0.15) is 0 Å². The molecule has 0 saturated carbocycles. The molecule has 0 radical (unpaired) electrons. The first-order chi connectivity index (χ1) is 8.83. The van der Waals surface area contributed by atoms with Crippen LogP contribution in [0.15, 0.2) is 0 Å². The van der Waals surface area contributed by atoms with Crippen LogP contribution in [0.25, 0.3) is 0 Å². The van der Waals surface area contributed by atoms with E-state index >= 15 is 0 Å². The van der Waals surface area contributed by atoms with Gasteiger partial charge in [-0.1, -0.05) is 6.92 Å². The lowest BCUT2D eigenvalue weighted by Gasteiger charge is -2.31. The van der Waals surface area contributed by atoms with Crippen LogP contribution in [0.2, 0.25) is 0 Å². The summed E-state index contributed by atoms with van der Waals surface area (Å²) in [6.07, 6.45) is 0.887. The second-order valence-corrected chi connectivity index (χ2v) is 5.06. The summed E-state index contributed by atoms with van der Waals surface area (Å²) in [5.41, 5.74) is 0. The Bertz CT molecular complexity index is 292. The maximum atomic E-state index is 12.1. The molecule has 0 aliphatic carbocycles. The molecule has 0 aromatic carbocycles. The molecule has 0 heterocycles. The smallest absolute Gasteiger partial charge is 0.320 e. The van der Waals surface area contributed by atoms with Crippen LogP contribution in [0.1, 0.15) is 48.0 Å². The highest BCUT2D eigenvalue weighted by Gasteiger charge is 2.26. The fourth-order valence-electron chi connectivity index (χ4n) is 1.74. The average Bonchev–Trinajstić information content (AvgIpc) is 2.34. The van der Waals surface area contributed by atoms with Gasteiger partial charge in [0.2, 0.25) is 5.91 Å². The quantitative estimate of drug-likeness (QED) is 0.681. The molecule has 5 nitrogen and oxygen atoms in total. The first-order valence-electron chi connectivity index (χ1n) is 7.05. The summed E-state index contributed by atoms with van der Waals surface area (Å²) in [6, 6.07) is -0.105. The summed E-state index contributed by atoms with van der Waals surface area (Å²) in [6.45, 7) is 12.0. The molecule has 0 aliphatic rings. The highest BCUT2D eigenvalue weighted by atomic mass is 16.5. The van der Waals surface area contributed by atoms with Gasteiger partial charge in [0.05, 0.1) is 19.2 Å². The van der Waals surface area contributed by atoms with Gasteiger partial charge >= 0.3 is 5.97 Å². The van der Waals surface area contributed by atoms with Crippen molar-refractivity contribution in [3.05, 3.63) is 0 Å². The first kappa shape index (κ1) is 17.9. The number of carbonyl (C=O) groups is 2. The molecule has 112 valence electrons. The highest BCUT2D eigenvalue weighted by Crippen LogP contribution is 2.07. The molecule has 1 N–H and O–H groups in total. The van der Waals surface area contributed by atoms with Crippen LogP contribution >= 0.6 is 0 Å². The molecule has 19 heavy (non-hydrogen) atoms. The summed E-state index contributed by atoms with van der Waals surface area (Å²) < 4.78 is 4.94. The van der Waals surface area contributed by atoms with Crippen molar-refractivity contribution in [2.24, 2.45) is 0 Å². The monoisotopic (exact) mass is 272 g/mol. The summed E-state index contributed by atoms with van der Waals surface area (Å²) in [5.74, 6) is -0.341. The van der Waals surface area contributed by atoms with E-state index < -0.39 is 0 Å². The lowest BCUT2D eigenvalue weighted by atomic mass is 10.1. The highest BCUT2D eigenvalue weighted by molar-refractivity contribution is 5.82. The van der Waals surface area contributed by atoms with E-state index in [0.717, 1.165) is 6.42 Å². The summed E-state index contributed by atoms with van der Waals surface area (Å²) in [5, 5.41) is 2.94. The van der Waals surface area contributed by atoms with E-state index in [2.05, 4.69) is 5.32 Å². The van der Waals surface area contributed by atoms with Crippen LogP contribution < -0.4 is 5.32 Å². The van der Waals surface area contributed by atoms with Crippen LogP contribution in [0.5, 0.6) is 0 Å². The molecule has 0 saturated heterocycles. The summed E-state index contributed by atoms with van der Waals surface area (Å²) in [4.78, 5) is 25.5. The third-order valence-corrected chi connectivity index (χ3v) is 3.16. The van der Waals surface area contributed by atoms with Crippen molar-refractivity contribution in [1.82, 2.24) is 10.2 Å². The number of rotatable bonds is 8. The molecule has 2 unspecified atom stereocenters. The minimum absolute atomic E-state index is 0.0488. The first-order valence-corrected chi connectivity index (χ1v) is 7.05. The zero-order valence-corrected chi connectivity index (χ0v) is 13.0. The molecule has 0 fully saturated rings. The maximum absolute atomic E-state index is 12.1.